The van der Waals surface area contributed by atoms with Gasteiger partial charge in [0.15, 0.2) is 0 Å². The van der Waals surface area contributed by atoms with Crippen LogP contribution in [0.2, 0.25) is 0 Å². The monoisotopic (exact) mass is 371 g/mol. The van der Waals surface area contributed by atoms with Crippen molar-refractivity contribution < 1.29 is 9.59 Å². The summed E-state index contributed by atoms with van der Waals surface area (Å²) >= 11 is 0. The lowest BCUT2D eigenvalue weighted by Crippen LogP contribution is -2.47. The van der Waals surface area contributed by atoms with Gasteiger partial charge in [0.05, 0.1) is 12.5 Å². The first kappa shape index (κ1) is 19.9. The number of nitrogens with zero attached hydrogens (tertiary/aromatic N) is 1. The van der Waals surface area contributed by atoms with Crippen molar-refractivity contribution in [2.75, 3.05) is 25.0 Å². The molecular weight excluding hydrogens is 338 g/mol. The molecule has 2 fully saturated rings. The largest absolute Gasteiger partial charge is 0.353 e. The summed E-state index contributed by atoms with van der Waals surface area (Å²) < 4.78 is 0. The van der Waals surface area contributed by atoms with Gasteiger partial charge >= 0.3 is 0 Å². The molecule has 2 N–H and O–H groups in total. The Labute approximate surface area is 162 Å². The van der Waals surface area contributed by atoms with Crippen LogP contribution < -0.4 is 10.6 Å². The molecule has 148 valence electrons. The first-order chi connectivity index (χ1) is 13.0. The third kappa shape index (κ3) is 5.55. The molecule has 2 amide bonds. The lowest BCUT2D eigenvalue weighted by Gasteiger charge is -2.33. The van der Waals surface area contributed by atoms with Crippen molar-refractivity contribution in [1.29, 1.82) is 0 Å². The number of piperidine rings is 1. The first-order valence-corrected chi connectivity index (χ1v) is 10.4. The van der Waals surface area contributed by atoms with E-state index in [1.54, 1.807) is 0 Å². The number of rotatable bonds is 5. The standard InChI is InChI=1S/C22H33N3O2/c1-16-8-6-12-20(17(16)2)24-21(26)15-25-13-7-9-18(14-25)22(27)23-19-10-4-3-5-11-19/h6,8,12,18-19H,3-5,7,9-11,13-15H2,1-2H3,(H,23,27)(H,24,26). The third-order valence-corrected chi connectivity index (χ3v) is 6.07. The predicted molar refractivity (Wildman–Crippen MR) is 109 cm³/mol. The van der Waals surface area contributed by atoms with Gasteiger partial charge in [-0.05, 0) is 63.3 Å². The highest BCUT2D eigenvalue weighted by molar-refractivity contribution is 5.93. The van der Waals surface area contributed by atoms with E-state index in [2.05, 4.69) is 15.5 Å². The van der Waals surface area contributed by atoms with Gasteiger partial charge in [-0.3, -0.25) is 14.5 Å². The van der Waals surface area contributed by atoms with Crippen LogP contribution in [0.25, 0.3) is 0 Å². The number of carbonyl (C=O) groups excluding carboxylic acids is 2. The zero-order valence-electron chi connectivity index (χ0n) is 16.7. The summed E-state index contributed by atoms with van der Waals surface area (Å²) in [4.78, 5) is 27.2. The fourth-order valence-electron chi connectivity index (χ4n) is 4.26. The minimum atomic E-state index is -0.00274. The smallest absolute Gasteiger partial charge is 0.238 e. The van der Waals surface area contributed by atoms with Crippen molar-refractivity contribution in [3.63, 3.8) is 0 Å². The third-order valence-electron chi connectivity index (χ3n) is 6.07. The summed E-state index contributed by atoms with van der Waals surface area (Å²) in [5.74, 6) is 0.188. The maximum atomic E-state index is 12.6. The van der Waals surface area contributed by atoms with Crippen LogP contribution in [-0.4, -0.2) is 42.4 Å². The molecule has 3 rings (SSSR count). The summed E-state index contributed by atoms with van der Waals surface area (Å²) in [6, 6.07) is 6.31. The summed E-state index contributed by atoms with van der Waals surface area (Å²) in [6.07, 6.45) is 7.85. The number of hydrogen-bond acceptors (Lipinski definition) is 3. The molecule has 1 heterocycles. The fraction of sp³-hybridized carbons (Fsp3) is 0.636. The number of benzene rings is 1. The molecule has 0 radical (unpaired) electrons. The van der Waals surface area contributed by atoms with Crippen molar-refractivity contribution in [1.82, 2.24) is 10.2 Å². The van der Waals surface area contributed by atoms with Gasteiger partial charge in [-0.1, -0.05) is 31.4 Å². The number of hydrogen-bond donors (Lipinski definition) is 2. The molecule has 0 spiro atoms. The van der Waals surface area contributed by atoms with Crippen molar-refractivity contribution in [2.24, 2.45) is 5.92 Å². The van der Waals surface area contributed by atoms with Crippen LogP contribution in [0, 0.1) is 19.8 Å². The Morgan fingerprint density at radius 1 is 1.07 bits per heavy atom. The molecule has 5 heteroatoms. The second kappa shape index (κ2) is 9.36. The minimum Gasteiger partial charge on any atom is -0.353 e. The number of carbonyl (C=O) groups is 2. The Morgan fingerprint density at radius 3 is 2.63 bits per heavy atom. The number of likely N-dealkylation sites (tertiary alicyclic amines) is 1. The van der Waals surface area contributed by atoms with Gasteiger partial charge in [-0.25, -0.2) is 0 Å². The summed E-state index contributed by atoms with van der Waals surface area (Å²) in [5, 5.41) is 6.28. The van der Waals surface area contributed by atoms with Gasteiger partial charge in [-0.2, -0.15) is 0 Å². The Morgan fingerprint density at radius 2 is 1.85 bits per heavy atom. The van der Waals surface area contributed by atoms with Crippen LogP contribution in [0.15, 0.2) is 18.2 Å². The fourth-order valence-corrected chi connectivity index (χ4v) is 4.26. The number of anilines is 1. The maximum Gasteiger partial charge on any atom is 0.238 e. The maximum absolute atomic E-state index is 12.6. The van der Waals surface area contributed by atoms with Crippen LogP contribution in [0.1, 0.15) is 56.1 Å². The summed E-state index contributed by atoms with van der Waals surface area (Å²) in [5.41, 5.74) is 3.16. The van der Waals surface area contributed by atoms with Crippen molar-refractivity contribution in [3.05, 3.63) is 29.3 Å². The Kier molecular flexibility index (Phi) is 6.89. The average molecular weight is 372 g/mol. The molecule has 1 aromatic rings. The van der Waals surface area contributed by atoms with E-state index in [9.17, 15) is 9.59 Å². The lowest BCUT2D eigenvalue weighted by atomic mass is 9.93. The highest BCUT2D eigenvalue weighted by Crippen LogP contribution is 2.21. The highest BCUT2D eigenvalue weighted by Gasteiger charge is 2.28. The van der Waals surface area contributed by atoms with Crippen LogP contribution in [0.4, 0.5) is 5.69 Å². The molecule has 1 atom stereocenters. The molecule has 1 saturated heterocycles. The molecule has 0 bridgehead atoms. The molecule has 27 heavy (non-hydrogen) atoms. The van der Waals surface area contributed by atoms with Crippen LogP contribution >= 0.6 is 0 Å². The molecule has 1 aliphatic heterocycles. The Bertz CT molecular complexity index is 668. The quantitative estimate of drug-likeness (QED) is 0.834. The van der Waals surface area contributed by atoms with Crippen LogP contribution in [-0.2, 0) is 9.59 Å². The second-order valence-corrected chi connectivity index (χ2v) is 8.21. The average Bonchev–Trinajstić information content (AvgIpc) is 2.66. The predicted octanol–water partition coefficient (Wildman–Crippen LogP) is 3.40. The van der Waals surface area contributed by atoms with Crippen molar-refractivity contribution >= 4 is 17.5 Å². The zero-order chi connectivity index (χ0) is 19.2. The SMILES string of the molecule is Cc1cccc(NC(=O)CN2CCCC(C(=O)NC3CCCCC3)C2)c1C. The molecule has 1 aliphatic carbocycles. The molecule has 1 aromatic carbocycles. The molecule has 5 nitrogen and oxygen atoms in total. The van der Waals surface area contributed by atoms with E-state index in [4.69, 9.17) is 0 Å². The van der Waals surface area contributed by atoms with Crippen LogP contribution in [0.3, 0.4) is 0 Å². The Hall–Kier alpha value is -1.88. The zero-order valence-corrected chi connectivity index (χ0v) is 16.7. The Balaban J connectivity index is 1.49. The molecule has 2 aliphatic rings. The van der Waals surface area contributed by atoms with E-state index in [1.807, 2.05) is 32.0 Å². The first-order valence-electron chi connectivity index (χ1n) is 10.4. The summed E-state index contributed by atoms with van der Waals surface area (Å²) in [6.45, 7) is 5.98. The van der Waals surface area contributed by atoms with E-state index in [0.717, 1.165) is 43.5 Å². The summed E-state index contributed by atoms with van der Waals surface area (Å²) in [7, 11) is 0. The molecule has 0 aromatic heterocycles. The van der Waals surface area contributed by atoms with Crippen LogP contribution in [0.5, 0.6) is 0 Å². The minimum absolute atomic E-state index is 0.00274. The van der Waals surface area contributed by atoms with Crippen molar-refractivity contribution in [3.8, 4) is 0 Å². The normalized spacial score (nSPS) is 21.6. The van der Waals surface area contributed by atoms with E-state index in [1.165, 1.54) is 24.8 Å². The van der Waals surface area contributed by atoms with E-state index in [0.29, 0.717) is 19.1 Å². The van der Waals surface area contributed by atoms with E-state index >= 15 is 0 Å². The van der Waals surface area contributed by atoms with E-state index in [-0.39, 0.29) is 17.7 Å². The van der Waals surface area contributed by atoms with Gasteiger partial charge < -0.3 is 10.6 Å². The lowest BCUT2D eigenvalue weighted by molar-refractivity contribution is -0.128. The van der Waals surface area contributed by atoms with E-state index < -0.39 is 0 Å². The van der Waals surface area contributed by atoms with Crippen molar-refractivity contribution in [2.45, 2.75) is 64.8 Å². The van der Waals surface area contributed by atoms with Gasteiger partial charge in [0, 0.05) is 18.3 Å². The van der Waals surface area contributed by atoms with Gasteiger partial charge in [0.25, 0.3) is 0 Å². The molecular formula is C22H33N3O2. The van der Waals surface area contributed by atoms with Gasteiger partial charge in [-0.15, -0.1) is 0 Å². The molecule has 1 unspecified atom stereocenters. The molecule has 1 saturated carbocycles. The van der Waals surface area contributed by atoms with Gasteiger partial charge in [0.1, 0.15) is 0 Å². The number of amides is 2. The number of aryl methyl sites for hydroxylation is 1. The second-order valence-electron chi connectivity index (χ2n) is 8.21. The highest BCUT2D eigenvalue weighted by atomic mass is 16.2. The topological polar surface area (TPSA) is 61.4 Å². The van der Waals surface area contributed by atoms with Gasteiger partial charge in [0.2, 0.25) is 11.8 Å². The number of nitrogens with one attached hydrogen (secondary N) is 2.